The molecule has 1 aliphatic heterocycles. The number of alkyl halides is 1. The zero-order chi connectivity index (χ0) is 30.6. The van der Waals surface area contributed by atoms with Crippen molar-refractivity contribution in [2.24, 2.45) is 5.92 Å². The van der Waals surface area contributed by atoms with Gasteiger partial charge in [0.05, 0.1) is 22.7 Å². The second-order valence-electron chi connectivity index (χ2n) is 10.8. The third-order valence-electron chi connectivity index (χ3n) is 6.93. The second kappa shape index (κ2) is 12.6. The minimum atomic E-state index is -4.04. The van der Waals surface area contributed by atoms with E-state index < -0.39 is 44.5 Å². The van der Waals surface area contributed by atoms with Crippen LogP contribution in [0.25, 0.3) is 11.3 Å². The number of pyridine rings is 1. The van der Waals surface area contributed by atoms with E-state index in [-0.39, 0.29) is 17.4 Å². The molecule has 226 valence electrons. The first-order chi connectivity index (χ1) is 20.5. The summed E-state index contributed by atoms with van der Waals surface area (Å²) in [4.78, 5) is 12.9. The van der Waals surface area contributed by atoms with E-state index in [0.29, 0.717) is 48.8 Å². The largest absolute Gasteiger partial charge is 0.435 e. The van der Waals surface area contributed by atoms with E-state index in [1.165, 1.54) is 25.4 Å². The molecular formula is C30H31F3N6O3S. The van der Waals surface area contributed by atoms with Crippen molar-refractivity contribution in [2.45, 2.75) is 31.7 Å². The molecule has 2 atom stereocenters. The fraction of sp³-hybridized carbons (Fsp3) is 0.300. The number of ether oxygens (including phenoxy) is 1. The van der Waals surface area contributed by atoms with Crippen molar-refractivity contribution in [2.75, 3.05) is 29.7 Å². The van der Waals surface area contributed by atoms with E-state index in [1.54, 1.807) is 55.5 Å². The normalized spacial score (nSPS) is 18.7. The average molecular weight is 613 g/mol. The van der Waals surface area contributed by atoms with Gasteiger partial charge in [0.1, 0.15) is 5.67 Å². The fourth-order valence-corrected chi connectivity index (χ4v) is 6.20. The van der Waals surface area contributed by atoms with Gasteiger partial charge in [0, 0.05) is 25.5 Å². The van der Waals surface area contributed by atoms with Crippen molar-refractivity contribution in [1.29, 1.82) is 0 Å². The number of piperidine rings is 1. The lowest BCUT2D eigenvalue weighted by Crippen LogP contribution is -2.46. The van der Waals surface area contributed by atoms with Crippen molar-refractivity contribution in [3.63, 3.8) is 0 Å². The van der Waals surface area contributed by atoms with E-state index in [0.717, 1.165) is 0 Å². The molecule has 0 radical (unpaired) electrons. The Hall–Kier alpha value is -4.23. The van der Waals surface area contributed by atoms with Crippen LogP contribution in [-0.4, -0.2) is 48.7 Å². The summed E-state index contributed by atoms with van der Waals surface area (Å²) in [5.41, 5.74) is -0.400. The molecule has 0 bridgehead atoms. The number of hydrogen-bond donors (Lipinski definition) is 3. The summed E-state index contributed by atoms with van der Waals surface area (Å²) in [6.45, 7) is 4.45. The van der Waals surface area contributed by atoms with Gasteiger partial charge in [0.25, 0.3) is 0 Å². The summed E-state index contributed by atoms with van der Waals surface area (Å²) >= 11 is 0. The van der Waals surface area contributed by atoms with Crippen LogP contribution in [0.3, 0.4) is 0 Å². The molecule has 3 heterocycles. The lowest BCUT2D eigenvalue weighted by molar-refractivity contribution is 0.114. The second-order valence-corrected chi connectivity index (χ2v) is 12.5. The summed E-state index contributed by atoms with van der Waals surface area (Å²) in [6.07, 6.45) is 3.36. The average Bonchev–Trinajstić information content (AvgIpc) is 2.97. The Bertz CT molecular complexity index is 1710. The highest BCUT2D eigenvalue weighted by atomic mass is 32.2. The van der Waals surface area contributed by atoms with Crippen LogP contribution >= 0.6 is 0 Å². The number of aromatic nitrogens is 3. The number of sulfonamides is 1. The molecule has 0 saturated carbocycles. The van der Waals surface area contributed by atoms with Crippen molar-refractivity contribution in [3.8, 4) is 22.9 Å². The van der Waals surface area contributed by atoms with Crippen LogP contribution in [0.2, 0.25) is 0 Å². The lowest BCUT2D eigenvalue weighted by atomic mass is 9.89. The first-order valence-electron chi connectivity index (χ1n) is 13.6. The molecule has 3 N–H and O–H groups in total. The van der Waals surface area contributed by atoms with Crippen LogP contribution in [-0.2, 0) is 15.8 Å². The van der Waals surface area contributed by atoms with E-state index >= 15 is 8.78 Å². The number of nitrogens with zero attached hydrogens (tertiary/aromatic N) is 3. The number of aryl methyl sites for hydroxylation is 1. The molecule has 5 rings (SSSR count). The van der Waals surface area contributed by atoms with Gasteiger partial charge >= 0.3 is 0 Å². The van der Waals surface area contributed by atoms with E-state index in [4.69, 9.17) is 4.74 Å². The molecule has 1 fully saturated rings. The van der Waals surface area contributed by atoms with E-state index in [2.05, 4.69) is 30.3 Å². The molecule has 1 aliphatic rings. The molecule has 4 aromatic rings. The Balaban J connectivity index is 1.34. The topological polar surface area (TPSA) is 118 Å². The highest BCUT2D eigenvalue weighted by Gasteiger charge is 2.31. The quantitative estimate of drug-likeness (QED) is 0.212. The van der Waals surface area contributed by atoms with Gasteiger partial charge in [0.2, 0.25) is 27.7 Å². The third kappa shape index (κ3) is 7.59. The SMILES string of the molecule is Cc1cc(Oc2ncccc2-c2ccnc(NCC3CNC[C@@](C)(F)C3)n2)c(F)c(F)c1NS(=O)(=O)Cc1ccccc1. The first kappa shape index (κ1) is 30.2. The number of rotatable bonds is 10. The molecule has 9 nitrogen and oxygen atoms in total. The number of hydrogen-bond acceptors (Lipinski definition) is 8. The molecule has 43 heavy (non-hydrogen) atoms. The summed E-state index contributed by atoms with van der Waals surface area (Å²) in [5, 5.41) is 6.23. The summed E-state index contributed by atoms with van der Waals surface area (Å²) in [6, 6.07) is 14.5. The molecule has 0 spiro atoms. The molecule has 0 aliphatic carbocycles. The molecule has 2 aromatic heterocycles. The van der Waals surface area contributed by atoms with Gasteiger partial charge in [-0.15, -0.1) is 0 Å². The number of anilines is 2. The van der Waals surface area contributed by atoms with E-state index in [1.807, 2.05) is 0 Å². The summed E-state index contributed by atoms with van der Waals surface area (Å²) in [7, 11) is -4.04. The minimum Gasteiger partial charge on any atom is -0.435 e. The smallest absolute Gasteiger partial charge is 0.237 e. The third-order valence-corrected chi connectivity index (χ3v) is 8.16. The molecular weight excluding hydrogens is 581 g/mol. The van der Waals surface area contributed by atoms with Crippen molar-refractivity contribution < 1.29 is 26.3 Å². The Morgan fingerprint density at radius 3 is 2.63 bits per heavy atom. The maximum absolute atomic E-state index is 15.2. The van der Waals surface area contributed by atoms with Crippen LogP contribution in [0.1, 0.15) is 24.5 Å². The van der Waals surface area contributed by atoms with Crippen LogP contribution in [0.4, 0.5) is 24.8 Å². The Labute approximate surface area is 248 Å². The van der Waals surface area contributed by atoms with Gasteiger partial charge in [-0.05, 0) is 68.1 Å². The van der Waals surface area contributed by atoms with Gasteiger partial charge in [-0.3, -0.25) is 4.72 Å². The monoisotopic (exact) mass is 612 g/mol. The first-order valence-corrected chi connectivity index (χ1v) is 15.3. The molecule has 1 saturated heterocycles. The van der Waals surface area contributed by atoms with Crippen molar-refractivity contribution in [1.82, 2.24) is 20.3 Å². The van der Waals surface area contributed by atoms with Crippen LogP contribution in [0, 0.1) is 24.5 Å². The molecule has 0 amide bonds. The zero-order valence-electron chi connectivity index (χ0n) is 23.6. The minimum absolute atomic E-state index is 0.0418. The fourth-order valence-electron chi connectivity index (χ4n) is 4.94. The lowest BCUT2D eigenvalue weighted by Gasteiger charge is -2.32. The highest BCUT2D eigenvalue weighted by molar-refractivity contribution is 7.91. The standard InChI is InChI=1S/C30H31F3N6O3S/c1-19-13-24(25(31)26(32)27(19)39-43(40,41)17-20-7-4-3-5-8-20)42-28-22(9-6-11-35-28)23-10-12-36-29(38-23)37-16-21-14-30(2,33)18-34-15-21/h3-13,21,34,39H,14-18H2,1-2H3,(H,36,37,38)/t21?,30-/m0/s1. The van der Waals surface area contributed by atoms with Crippen LogP contribution in [0.5, 0.6) is 11.6 Å². The Morgan fingerprint density at radius 1 is 1.07 bits per heavy atom. The predicted molar refractivity (Wildman–Crippen MR) is 158 cm³/mol. The van der Waals surface area contributed by atoms with Crippen molar-refractivity contribution >= 4 is 21.7 Å². The summed E-state index contributed by atoms with van der Waals surface area (Å²) < 4.78 is 78.0. The Kier molecular flexibility index (Phi) is 8.83. The van der Waals surface area contributed by atoms with Crippen LogP contribution < -0.4 is 20.1 Å². The maximum atomic E-state index is 15.2. The predicted octanol–water partition coefficient (Wildman–Crippen LogP) is 5.61. The zero-order valence-corrected chi connectivity index (χ0v) is 24.4. The molecule has 1 unspecified atom stereocenters. The summed E-state index contributed by atoms with van der Waals surface area (Å²) in [5.74, 6) is -3.38. The molecule has 13 heteroatoms. The van der Waals surface area contributed by atoms with Gasteiger partial charge < -0.3 is 15.4 Å². The number of benzene rings is 2. The Morgan fingerprint density at radius 2 is 1.86 bits per heavy atom. The maximum Gasteiger partial charge on any atom is 0.237 e. The number of halogens is 3. The van der Waals surface area contributed by atoms with Crippen molar-refractivity contribution in [3.05, 3.63) is 89.8 Å². The highest BCUT2D eigenvalue weighted by Crippen LogP contribution is 2.36. The van der Waals surface area contributed by atoms with Gasteiger partial charge in [-0.2, -0.15) is 4.39 Å². The van der Waals surface area contributed by atoms with Gasteiger partial charge in [-0.25, -0.2) is 32.2 Å². The molecule has 2 aromatic carbocycles. The van der Waals surface area contributed by atoms with Gasteiger partial charge in [0.15, 0.2) is 11.6 Å². The van der Waals surface area contributed by atoms with Gasteiger partial charge in [-0.1, -0.05) is 30.3 Å². The van der Waals surface area contributed by atoms with Crippen LogP contribution in [0.15, 0.2) is 67.0 Å². The van der Waals surface area contributed by atoms with E-state index in [9.17, 15) is 12.8 Å². The number of nitrogens with one attached hydrogen (secondary N) is 3.